The van der Waals surface area contributed by atoms with Gasteiger partial charge in [0, 0.05) is 12.1 Å². The molecule has 3 atom stereocenters. The van der Waals surface area contributed by atoms with Crippen molar-refractivity contribution in [1.82, 2.24) is 5.32 Å². The molecule has 0 spiro atoms. The van der Waals surface area contributed by atoms with Gasteiger partial charge in [-0.2, -0.15) is 0 Å². The number of hydrogen-bond acceptors (Lipinski definition) is 3. The van der Waals surface area contributed by atoms with Crippen LogP contribution in [0.3, 0.4) is 0 Å². The maximum atomic E-state index is 11.9. The lowest BCUT2D eigenvalue weighted by Crippen LogP contribution is -2.42. The number of rotatable bonds is 1. The minimum absolute atomic E-state index is 0.000833. The Hall–Kier alpha value is -0.570. The molecule has 0 radical (unpaired) electrons. The van der Waals surface area contributed by atoms with Gasteiger partial charge in [0.15, 0.2) is 0 Å². The topological polar surface area (TPSA) is 38.3 Å². The lowest BCUT2D eigenvalue weighted by molar-refractivity contribution is -0.161. The minimum Gasteiger partial charge on any atom is -0.460 e. The normalized spacial score (nSPS) is 35.3. The summed E-state index contributed by atoms with van der Waals surface area (Å²) in [5, 5.41) is 3.53. The number of ether oxygens (including phenoxy) is 1. The number of esters is 1. The molecule has 2 aliphatic heterocycles. The zero-order valence-corrected chi connectivity index (χ0v) is 9.88. The average molecular weight is 211 g/mol. The van der Waals surface area contributed by atoms with Crippen molar-refractivity contribution in [1.29, 1.82) is 0 Å². The van der Waals surface area contributed by atoms with Crippen molar-refractivity contribution in [2.24, 2.45) is 5.92 Å². The van der Waals surface area contributed by atoms with E-state index in [9.17, 15) is 4.79 Å². The molecule has 1 N–H and O–H groups in total. The average Bonchev–Trinajstić information content (AvgIpc) is 2.42. The number of fused-ring (bicyclic) bond motifs is 2. The third-order valence-electron chi connectivity index (χ3n) is 3.21. The molecule has 0 aliphatic carbocycles. The maximum Gasteiger partial charge on any atom is 0.309 e. The Morgan fingerprint density at radius 2 is 1.73 bits per heavy atom. The van der Waals surface area contributed by atoms with Crippen molar-refractivity contribution in [3.8, 4) is 0 Å². The summed E-state index contributed by atoms with van der Waals surface area (Å²) in [6.07, 6.45) is 4.38. The second-order valence-electron chi connectivity index (χ2n) is 5.84. The van der Waals surface area contributed by atoms with Crippen LogP contribution in [0.4, 0.5) is 0 Å². The van der Waals surface area contributed by atoms with E-state index in [1.54, 1.807) is 0 Å². The third kappa shape index (κ3) is 2.71. The highest BCUT2D eigenvalue weighted by atomic mass is 16.6. The summed E-state index contributed by atoms with van der Waals surface area (Å²) < 4.78 is 5.43. The van der Waals surface area contributed by atoms with E-state index in [-0.39, 0.29) is 17.5 Å². The standard InChI is InChI=1S/C12H21NO2/c1-12(2,3)15-11(14)8-6-9-4-5-10(7-8)13-9/h8-10,13H,4-7H2,1-3H3/t8?,9-,10+. The number of nitrogens with one attached hydrogen (secondary N) is 1. The Morgan fingerprint density at radius 3 is 2.20 bits per heavy atom. The highest BCUT2D eigenvalue weighted by molar-refractivity contribution is 5.73. The Morgan fingerprint density at radius 1 is 1.20 bits per heavy atom. The Balaban J connectivity index is 1.91. The quantitative estimate of drug-likeness (QED) is 0.673. The van der Waals surface area contributed by atoms with Gasteiger partial charge in [-0.25, -0.2) is 0 Å². The highest BCUT2D eigenvalue weighted by Gasteiger charge is 2.38. The zero-order valence-electron chi connectivity index (χ0n) is 9.88. The number of carbonyl (C=O) groups excluding carboxylic acids is 1. The Labute approximate surface area is 91.6 Å². The summed E-state index contributed by atoms with van der Waals surface area (Å²) in [6, 6.07) is 1.11. The second-order valence-corrected chi connectivity index (χ2v) is 5.84. The summed E-state index contributed by atoms with van der Waals surface area (Å²) in [6.45, 7) is 5.79. The molecule has 0 aromatic rings. The first kappa shape index (κ1) is 10.9. The zero-order chi connectivity index (χ0) is 11.1. The fourth-order valence-electron chi connectivity index (χ4n) is 2.63. The van der Waals surface area contributed by atoms with Gasteiger partial charge < -0.3 is 10.1 Å². The molecule has 0 aromatic carbocycles. The van der Waals surface area contributed by atoms with Crippen LogP contribution in [0.2, 0.25) is 0 Å². The molecule has 3 heteroatoms. The third-order valence-corrected chi connectivity index (χ3v) is 3.21. The molecule has 2 saturated heterocycles. The summed E-state index contributed by atoms with van der Waals surface area (Å²) >= 11 is 0. The van der Waals surface area contributed by atoms with Crippen molar-refractivity contribution in [2.75, 3.05) is 0 Å². The second kappa shape index (κ2) is 3.78. The summed E-state index contributed by atoms with van der Waals surface area (Å²) in [5.41, 5.74) is -0.346. The largest absolute Gasteiger partial charge is 0.460 e. The van der Waals surface area contributed by atoms with E-state index in [1.807, 2.05) is 20.8 Å². The Bertz CT molecular complexity index is 245. The van der Waals surface area contributed by atoms with E-state index in [0.717, 1.165) is 12.8 Å². The first-order valence-corrected chi connectivity index (χ1v) is 5.93. The van der Waals surface area contributed by atoms with Crippen molar-refractivity contribution in [3.05, 3.63) is 0 Å². The molecule has 2 rings (SSSR count). The molecular formula is C12H21NO2. The smallest absolute Gasteiger partial charge is 0.309 e. The number of hydrogen-bond donors (Lipinski definition) is 1. The summed E-state index contributed by atoms with van der Waals surface area (Å²) in [4.78, 5) is 11.9. The van der Waals surface area contributed by atoms with E-state index in [4.69, 9.17) is 4.74 Å². The predicted octanol–water partition coefficient (Wildman–Crippen LogP) is 1.86. The molecule has 2 fully saturated rings. The SMILES string of the molecule is CC(C)(C)OC(=O)C1C[C@H]2CC[C@@H](C1)N2. The van der Waals surface area contributed by atoms with Crippen LogP contribution in [0.5, 0.6) is 0 Å². The molecule has 0 saturated carbocycles. The molecular weight excluding hydrogens is 190 g/mol. The Kier molecular flexibility index (Phi) is 2.75. The van der Waals surface area contributed by atoms with E-state index >= 15 is 0 Å². The van der Waals surface area contributed by atoms with Crippen LogP contribution in [-0.4, -0.2) is 23.7 Å². The molecule has 2 heterocycles. The molecule has 2 bridgehead atoms. The van der Waals surface area contributed by atoms with Gasteiger partial charge >= 0.3 is 5.97 Å². The van der Waals surface area contributed by atoms with Crippen molar-refractivity contribution in [3.63, 3.8) is 0 Å². The molecule has 1 unspecified atom stereocenters. The van der Waals surface area contributed by atoms with Gasteiger partial charge in [-0.15, -0.1) is 0 Å². The van der Waals surface area contributed by atoms with E-state index in [1.165, 1.54) is 12.8 Å². The minimum atomic E-state index is -0.346. The number of piperidine rings is 1. The maximum absolute atomic E-state index is 11.9. The fourth-order valence-corrected chi connectivity index (χ4v) is 2.63. The summed E-state index contributed by atoms with van der Waals surface area (Å²) in [5.74, 6) is 0.129. The van der Waals surface area contributed by atoms with Crippen LogP contribution < -0.4 is 5.32 Å². The first-order valence-electron chi connectivity index (χ1n) is 5.93. The fraction of sp³-hybridized carbons (Fsp3) is 0.917. The van der Waals surface area contributed by atoms with E-state index < -0.39 is 0 Å². The molecule has 3 nitrogen and oxygen atoms in total. The monoisotopic (exact) mass is 211 g/mol. The van der Waals surface area contributed by atoms with Gasteiger partial charge in [0.2, 0.25) is 0 Å². The van der Waals surface area contributed by atoms with Crippen LogP contribution in [0.1, 0.15) is 46.5 Å². The van der Waals surface area contributed by atoms with Crippen molar-refractivity contribution < 1.29 is 9.53 Å². The predicted molar refractivity (Wildman–Crippen MR) is 58.5 cm³/mol. The van der Waals surface area contributed by atoms with Crippen LogP contribution in [0.15, 0.2) is 0 Å². The number of carbonyl (C=O) groups is 1. The lowest BCUT2D eigenvalue weighted by atomic mass is 9.92. The summed E-state index contributed by atoms with van der Waals surface area (Å²) in [7, 11) is 0. The molecule has 0 amide bonds. The van der Waals surface area contributed by atoms with Crippen LogP contribution >= 0.6 is 0 Å². The van der Waals surface area contributed by atoms with Gasteiger partial charge in [-0.05, 0) is 46.5 Å². The molecule has 2 aliphatic rings. The van der Waals surface area contributed by atoms with Crippen molar-refractivity contribution in [2.45, 2.75) is 64.1 Å². The molecule has 86 valence electrons. The molecule has 0 aromatic heterocycles. The van der Waals surface area contributed by atoms with Crippen LogP contribution in [0.25, 0.3) is 0 Å². The van der Waals surface area contributed by atoms with Gasteiger partial charge in [-0.1, -0.05) is 0 Å². The first-order chi connectivity index (χ1) is 6.94. The highest BCUT2D eigenvalue weighted by Crippen LogP contribution is 2.32. The van der Waals surface area contributed by atoms with Gasteiger partial charge in [-0.3, -0.25) is 4.79 Å². The van der Waals surface area contributed by atoms with Gasteiger partial charge in [0.25, 0.3) is 0 Å². The lowest BCUT2D eigenvalue weighted by Gasteiger charge is -2.30. The van der Waals surface area contributed by atoms with Gasteiger partial charge in [0.1, 0.15) is 5.60 Å². The van der Waals surface area contributed by atoms with Crippen LogP contribution in [0, 0.1) is 5.92 Å². The van der Waals surface area contributed by atoms with E-state index in [0.29, 0.717) is 12.1 Å². The molecule has 15 heavy (non-hydrogen) atoms. The van der Waals surface area contributed by atoms with Crippen LogP contribution in [-0.2, 0) is 9.53 Å². The van der Waals surface area contributed by atoms with E-state index in [2.05, 4.69) is 5.32 Å². The van der Waals surface area contributed by atoms with Crippen molar-refractivity contribution >= 4 is 5.97 Å². The van der Waals surface area contributed by atoms with Gasteiger partial charge in [0.05, 0.1) is 5.92 Å².